The summed E-state index contributed by atoms with van der Waals surface area (Å²) in [5.74, 6) is -6.03. The molecule has 2 unspecified atom stereocenters. The third-order valence-corrected chi connectivity index (χ3v) is 4.91. The number of hydrogen-bond acceptors (Lipinski definition) is 3. The van der Waals surface area contributed by atoms with Gasteiger partial charge in [-0.15, -0.1) is 0 Å². The van der Waals surface area contributed by atoms with E-state index in [4.69, 9.17) is 5.11 Å². The number of carboxylic acids is 1. The second-order valence-corrected chi connectivity index (χ2v) is 6.52. The van der Waals surface area contributed by atoms with Gasteiger partial charge in [0.1, 0.15) is 17.5 Å². The van der Waals surface area contributed by atoms with E-state index >= 15 is 0 Å². The van der Waals surface area contributed by atoms with Crippen molar-refractivity contribution < 1.29 is 31.5 Å². The van der Waals surface area contributed by atoms with Crippen molar-refractivity contribution in [1.29, 1.82) is 0 Å². The van der Waals surface area contributed by atoms with Gasteiger partial charge in [-0.1, -0.05) is 0 Å². The van der Waals surface area contributed by atoms with E-state index in [1.165, 1.54) is 0 Å². The van der Waals surface area contributed by atoms with Crippen LogP contribution in [0.5, 0.6) is 0 Å². The molecule has 0 heterocycles. The van der Waals surface area contributed by atoms with Crippen LogP contribution in [0.3, 0.4) is 0 Å². The molecule has 5 nitrogen and oxygen atoms in total. The van der Waals surface area contributed by atoms with Crippen LogP contribution in [0.2, 0.25) is 0 Å². The SMILES string of the molecule is O=C(O)C1CCC(NS(=O)(=O)c2c(F)cc(F)cc2F)C1. The van der Waals surface area contributed by atoms with Gasteiger partial charge in [0.05, 0.1) is 5.92 Å². The molecular weight excluding hydrogens is 311 g/mol. The molecule has 0 spiro atoms. The molecule has 1 aliphatic carbocycles. The first kappa shape index (κ1) is 15.8. The molecule has 1 fully saturated rings. The molecule has 1 aromatic rings. The molecule has 1 aliphatic rings. The number of benzene rings is 1. The van der Waals surface area contributed by atoms with E-state index in [-0.39, 0.29) is 31.4 Å². The number of nitrogens with one attached hydrogen (secondary N) is 1. The molecule has 0 radical (unpaired) electrons. The minimum absolute atomic E-state index is 0.0407. The fourth-order valence-electron chi connectivity index (χ4n) is 2.38. The normalized spacial score (nSPS) is 22.4. The quantitative estimate of drug-likeness (QED) is 0.882. The molecule has 116 valence electrons. The van der Waals surface area contributed by atoms with E-state index in [2.05, 4.69) is 4.72 Å². The minimum atomic E-state index is -4.53. The lowest BCUT2D eigenvalue weighted by molar-refractivity contribution is -0.141. The van der Waals surface area contributed by atoms with Crippen molar-refractivity contribution >= 4 is 16.0 Å². The topological polar surface area (TPSA) is 83.5 Å². The van der Waals surface area contributed by atoms with E-state index in [0.717, 1.165) is 0 Å². The van der Waals surface area contributed by atoms with Gasteiger partial charge in [0.15, 0.2) is 4.90 Å². The van der Waals surface area contributed by atoms with Crippen molar-refractivity contribution in [3.63, 3.8) is 0 Å². The highest BCUT2D eigenvalue weighted by Gasteiger charge is 2.34. The summed E-state index contributed by atoms with van der Waals surface area (Å²) in [4.78, 5) is 9.53. The molecule has 2 atom stereocenters. The molecule has 1 saturated carbocycles. The molecule has 0 amide bonds. The summed E-state index contributed by atoms with van der Waals surface area (Å²) in [6.45, 7) is 0. The van der Waals surface area contributed by atoms with Crippen LogP contribution in [0.4, 0.5) is 13.2 Å². The van der Waals surface area contributed by atoms with Crippen LogP contribution < -0.4 is 4.72 Å². The standard InChI is InChI=1S/C12H12F3NO4S/c13-7-4-9(14)11(10(15)5-7)21(19,20)16-8-2-1-6(3-8)12(17)18/h4-6,8,16H,1-3H2,(H,17,18). The summed E-state index contributed by atoms with van der Waals surface area (Å²) in [6, 6.07) is -0.182. The second kappa shape index (κ2) is 5.64. The zero-order valence-electron chi connectivity index (χ0n) is 10.6. The molecule has 0 bridgehead atoms. The zero-order valence-corrected chi connectivity index (χ0v) is 11.5. The van der Waals surface area contributed by atoms with Gasteiger partial charge < -0.3 is 5.11 Å². The van der Waals surface area contributed by atoms with Crippen LogP contribution in [0.15, 0.2) is 17.0 Å². The lowest BCUT2D eigenvalue weighted by Crippen LogP contribution is -2.34. The number of halogens is 3. The van der Waals surface area contributed by atoms with E-state index < -0.39 is 50.3 Å². The van der Waals surface area contributed by atoms with Crippen LogP contribution in [-0.2, 0) is 14.8 Å². The summed E-state index contributed by atoms with van der Waals surface area (Å²) < 4.78 is 65.7. The molecule has 0 saturated heterocycles. The maximum Gasteiger partial charge on any atom is 0.306 e. The molecule has 0 aromatic heterocycles. The summed E-state index contributed by atoms with van der Waals surface area (Å²) in [6.07, 6.45) is 0.566. The minimum Gasteiger partial charge on any atom is -0.481 e. The predicted molar refractivity (Wildman–Crippen MR) is 65.4 cm³/mol. The lowest BCUT2D eigenvalue weighted by atomic mass is 10.1. The van der Waals surface area contributed by atoms with E-state index in [9.17, 15) is 26.4 Å². The average molecular weight is 323 g/mol. The molecule has 2 N–H and O–H groups in total. The summed E-state index contributed by atoms with van der Waals surface area (Å²) in [5, 5.41) is 8.83. The summed E-state index contributed by atoms with van der Waals surface area (Å²) in [7, 11) is -4.53. The average Bonchev–Trinajstić information content (AvgIpc) is 2.74. The highest BCUT2D eigenvalue weighted by molar-refractivity contribution is 7.89. The lowest BCUT2D eigenvalue weighted by Gasteiger charge is -2.14. The Morgan fingerprint density at radius 1 is 1.19 bits per heavy atom. The maximum absolute atomic E-state index is 13.5. The van der Waals surface area contributed by atoms with Crippen molar-refractivity contribution in [3.05, 3.63) is 29.6 Å². The summed E-state index contributed by atoms with van der Waals surface area (Å²) in [5.41, 5.74) is 0. The van der Waals surface area contributed by atoms with Gasteiger partial charge in [-0.2, -0.15) is 0 Å². The van der Waals surface area contributed by atoms with Gasteiger partial charge in [0.25, 0.3) is 0 Å². The third kappa shape index (κ3) is 3.35. The highest BCUT2D eigenvalue weighted by Crippen LogP contribution is 2.28. The van der Waals surface area contributed by atoms with Crippen molar-refractivity contribution in [3.8, 4) is 0 Å². The van der Waals surface area contributed by atoms with Crippen molar-refractivity contribution in [2.75, 3.05) is 0 Å². The molecule has 1 aromatic carbocycles. The van der Waals surface area contributed by atoms with Gasteiger partial charge in [0, 0.05) is 18.2 Å². The Morgan fingerprint density at radius 3 is 2.24 bits per heavy atom. The van der Waals surface area contributed by atoms with E-state index in [1.807, 2.05) is 0 Å². The highest BCUT2D eigenvalue weighted by atomic mass is 32.2. The van der Waals surface area contributed by atoms with E-state index in [1.54, 1.807) is 0 Å². The largest absolute Gasteiger partial charge is 0.481 e. The van der Waals surface area contributed by atoms with Crippen molar-refractivity contribution in [2.24, 2.45) is 5.92 Å². The Labute approximate surface area is 118 Å². The maximum atomic E-state index is 13.5. The molecular formula is C12H12F3NO4S. The van der Waals surface area contributed by atoms with Gasteiger partial charge in [-0.3, -0.25) is 4.79 Å². The monoisotopic (exact) mass is 323 g/mol. The fraction of sp³-hybridized carbons (Fsp3) is 0.417. The number of carboxylic acid groups (broad SMARTS) is 1. The fourth-order valence-corrected chi connectivity index (χ4v) is 3.78. The van der Waals surface area contributed by atoms with Crippen LogP contribution in [0, 0.1) is 23.4 Å². The molecule has 2 rings (SSSR count). The zero-order chi connectivity index (χ0) is 15.8. The van der Waals surface area contributed by atoms with Gasteiger partial charge in [0.2, 0.25) is 10.0 Å². The Balaban J connectivity index is 2.22. The number of carbonyl (C=O) groups is 1. The van der Waals surface area contributed by atoms with Crippen LogP contribution in [0.1, 0.15) is 19.3 Å². The Bertz CT molecular complexity index is 654. The van der Waals surface area contributed by atoms with Crippen LogP contribution >= 0.6 is 0 Å². The third-order valence-electron chi connectivity index (χ3n) is 3.34. The number of rotatable bonds is 4. The van der Waals surface area contributed by atoms with Crippen LogP contribution in [-0.4, -0.2) is 25.5 Å². The first-order valence-corrected chi connectivity index (χ1v) is 7.58. The molecule has 0 aliphatic heterocycles. The molecule has 9 heteroatoms. The number of hydrogen-bond donors (Lipinski definition) is 2. The Morgan fingerprint density at radius 2 is 1.76 bits per heavy atom. The smallest absolute Gasteiger partial charge is 0.306 e. The van der Waals surface area contributed by atoms with Crippen molar-refractivity contribution in [1.82, 2.24) is 4.72 Å². The second-order valence-electron chi connectivity index (χ2n) is 4.86. The predicted octanol–water partition coefficient (Wildman–Crippen LogP) is 1.64. The van der Waals surface area contributed by atoms with Crippen molar-refractivity contribution in [2.45, 2.75) is 30.2 Å². The van der Waals surface area contributed by atoms with E-state index in [0.29, 0.717) is 0 Å². The first-order chi connectivity index (χ1) is 9.70. The Hall–Kier alpha value is -1.61. The summed E-state index contributed by atoms with van der Waals surface area (Å²) >= 11 is 0. The Kier molecular flexibility index (Phi) is 4.24. The van der Waals surface area contributed by atoms with Gasteiger partial charge in [-0.05, 0) is 19.3 Å². The number of sulfonamides is 1. The number of aliphatic carboxylic acids is 1. The van der Waals surface area contributed by atoms with Gasteiger partial charge in [-0.25, -0.2) is 26.3 Å². The molecule has 21 heavy (non-hydrogen) atoms. The van der Waals surface area contributed by atoms with Gasteiger partial charge >= 0.3 is 5.97 Å². The van der Waals surface area contributed by atoms with Crippen LogP contribution in [0.25, 0.3) is 0 Å². The first-order valence-electron chi connectivity index (χ1n) is 6.10.